The minimum absolute atomic E-state index is 0.344. The summed E-state index contributed by atoms with van der Waals surface area (Å²) in [5, 5.41) is 13.5. The first-order valence-electron chi connectivity index (χ1n) is 7.36. The average Bonchev–Trinajstić information content (AvgIpc) is 2.92. The first-order chi connectivity index (χ1) is 11.7. The van der Waals surface area contributed by atoms with Gasteiger partial charge in [-0.15, -0.1) is 10.2 Å². The van der Waals surface area contributed by atoms with Crippen LogP contribution in [0, 0.1) is 6.92 Å². The van der Waals surface area contributed by atoms with Crippen molar-refractivity contribution in [1.82, 2.24) is 20.2 Å². The van der Waals surface area contributed by atoms with E-state index >= 15 is 0 Å². The molecule has 0 amide bonds. The van der Waals surface area contributed by atoms with Crippen LogP contribution >= 0.6 is 15.9 Å². The molecule has 118 valence electrons. The minimum atomic E-state index is 0.344. The average molecular weight is 381 g/mol. The Balaban J connectivity index is 1.62. The van der Waals surface area contributed by atoms with Gasteiger partial charge in [0.25, 0.3) is 5.95 Å². The third-order valence-corrected chi connectivity index (χ3v) is 4.09. The fraction of sp³-hybridized carbons (Fsp3) is 0.0588. The molecule has 0 aliphatic carbocycles. The second-order valence-electron chi connectivity index (χ2n) is 5.43. The molecule has 6 nitrogen and oxygen atoms in total. The lowest BCUT2D eigenvalue weighted by molar-refractivity contribution is 1.01. The van der Waals surface area contributed by atoms with Gasteiger partial charge in [-0.2, -0.15) is 10.1 Å². The fourth-order valence-electron chi connectivity index (χ4n) is 2.48. The molecule has 4 aromatic rings. The van der Waals surface area contributed by atoms with Crippen LogP contribution < -0.4 is 5.43 Å². The molecule has 2 aromatic carbocycles. The molecule has 0 aliphatic heterocycles. The predicted molar refractivity (Wildman–Crippen MR) is 99.3 cm³/mol. The predicted octanol–water partition coefficient (Wildman–Crippen LogP) is 4.02. The molecule has 2 heterocycles. The van der Waals surface area contributed by atoms with Crippen LogP contribution in [-0.2, 0) is 0 Å². The molecule has 0 saturated heterocycles. The highest BCUT2D eigenvalue weighted by Gasteiger charge is 2.08. The number of hydrogen-bond acceptors (Lipinski definition) is 5. The summed E-state index contributed by atoms with van der Waals surface area (Å²) in [5.41, 5.74) is 7.39. The third kappa shape index (κ3) is 2.85. The van der Waals surface area contributed by atoms with Crippen molar-refractivity contribution in [3.63, 3.8) is 0 Å². The summed E-state index contributed by atoms with van der Waals surface area (Å²) < 4.78 is 0.999. The maximum Gasteiger partial charge on any atom is 0.265 e. The molecule has 24 heavy (non-hydrogen) atoms. The second-order valence-corrected chi connectivity index (χ2v) is 6.35. The monoisotopic (exact) mass is 380 g/mol. The van der Waals surface area contributed by atoms with Crippen molar-refractivity contribution in [3.8, 4) is 0 Å². The van der Waals surface area contributed by atoms with Gasteiger partial charge >= 0.3 is 0 Å². The van der Waals surface area contributed by atoms with E-state index in [9.17, 15) is 0 Å². The Morgan fingerprint density at radius 1 is 1.17 bits per heavy atom. The normalized spacial score (nSPS) is 11.6. The van der Waals surface area contributed by atoms with Crippen molar-refractivity contribution in [1.29, 1.82) is 0 Å². The number of benzene rings is 2. The summed E-state index contributed by atoms with van der Waals surface area (Å²) in [4.78, 5) is 7.68. The van der Waals surface area contributed by atoms with Crippen molar-refractivity contribution in [2.75, 3.05) is 5.43 Å². The van der Waals surface area contributed by atoms with Gasteiger partial charge in [-0.3, -0.25) is 0 Å². The van der Waals surface area contributed by atoms with Gasteiger partial charge < -0.3 is 4.98 Å². The molecule has 0 radical (unpaired) electrons. The van der Waals surface area contributed by atoms with Crippen LogP contribution in [0.5, 0.6) is 0 Å². The molecular formula is C17H13BrN6. The van der Waals surface area contributed by atoms with Crippen LogP contribution in [0.4, 0.5) is 5.95 Å². The van der Waals surface area contributed by atoms with Crippen molar-refractivity contribution < 1.29 is 0 Å². The van der Waals surface area contributed by atoms with Crippen LogP contribution in [0.3, 0.4) is 0 Å². The lowest BCUT2D eigenvalue weighted by atomic mass is 10.2. The van der Waals surface area contributed by atoms with E-state index in [1.807, 2.05) is 43.3 Å². The number of H-pyrrole nitrogens is 1. The number of aromatic nitrogens is 4. The van der Waals surface area contributed by atoms with Crippen LogP contribution in [0.15, 0.2) is 52.0 Å². The number of aryl methyl sites for hydroxylation is 1. The summed E-state index contributed by atoms with van der Waals surface area (Å²) in [5.74, 6) is 0.344. The molecule has 7 heteroatoms. The number of aromatic amines is 1. The summed E-state index contributed by atoms with van der Waals surface area (Å²) in [7, 11) is 0. The largest absolute Gasteiger partial charge is 0.338 e. The van der Waals surface area contributed by atoms with Gasteiger partial charge in [0.15, 0.2) is 5.65 Å². The zero-order valence-corrected chi connectivity index (χ0v) is 14.4. The highest BCUT2D eigenvalue weighted by atomic mass is 79.9. The third-order valence-electron chi connectivity index (χ3n) is 3.60. The first-order valence-corrected chi connectivity index (χ1v) is 8.16. The fourth-order valence-corrected chi connectivity index (χ4v) is 2.90. The highest BCUT2D eigenvalue weighted by molar-refractivity contribution is 9.10. The highest BCUT2D eigenvalue weighted by Crippen LogP contribution is 2.23. The molecule has 0 aliphatic rings. The van der Waals surface area contributed by atoms with Crippen molar-refractivity contribution in [2.24, 2.45) is 5.10 Å². The zero-order chi connectivity index (χ0) is 16.5. The molecule has 4 rings (SSSR count). The molecule has 0 bridgehead atoms. The lowest BCUT2D eigenvalue weighted by Gasteiger charge is -1.98. The number of hydrogen-bond donors (Lipinski definition) is 2. The molecular weight excluding hydrogens is 368 g/mol. The van der Waals surface area contributed by atoms with E-state index in [4.69, 9.17) is 0 Å². The number of anilines is 1. The molecule has 0 fully saturated rings. The van der Waals surface area contributed by atoms with Gasteiger partial charge in [0.1, 0.15) is 5.52 Å². The van der Waals surface area contributed by atoms with E-state index in [0.29, 0.717) is 11.6 Å². The molecule has 0 unspecified atom stereocenters. The number of nitrogens with zero attached hydrogens (tertiary/aromatic N) is 4. The molecule has 2 aromatic heterocycles. The number of hydrazone groups is 1. The molecule has 2 N–H and O–H groups in total. The Kier molecular flexibility index (Phi) is 3.70. The van der Waals surface area contributed by atoms with E-state index in [1.165, 1.54) is 5.56 Å². The summed E-state index contributed by atoms with van der Waals surface area (Å²) in [6.45, 7) is 2.05. The maximum absolute atomic E-state index is 4.43. The molecule has 0 spiro atoms. The van der Waals surface area contributed by atoms with E-state index in [0.717, 1.165) is 26.5 Å². The Bertz CT molecular complexity index is 1070. The number of nitrogens with one attached hydrogen (secondary N) is 2. The minimum Gasteiger partial charge on any atom is -0.338 e. The van der Waals surface area contributed by atoms with E-state index < -0.39 is 0 Å². The number of rotatable bonds is 3. The van der Waals surface area contributed by atoms with Crippen LogP contribution in [0.25, 0.3) is 22.1 Å². The Labute approximate surface area is 146 Å². The second kappa shape index (κ2) is 6.01. The first kappa shape index (κ1) is 14.8. The quantitative estimate of drug-likeness (QED) is 0.415. The summed E-state index contributed by atoms with van der Waals surface area (Å²) in [6.07, 6.45) is 1.70. The summed E-state index contributed by atoms with van der Waals surface area (Å²) >= 11 is 3.43. The standard InChI is InChI=1S/C17H13BrN6/c1-10-5-6-14-13(7-10)15-16(20-14)21-17(24-22-15)23-19-9-11-3-2-4-12(18)8-11/h2-9H,1H3,(H2,20,21,23,24)/b19-9-. The van der Waals surface area contributed by atoms with Gasteiger partial charge in [-0.05, 0) is 36.8 Å². The number of fused-ring (bicyclic) bond motifs is 3. The van der Waals surface area contributed by atoms with E-state index in [-0.39, 0.29) is 0 Å². The Morgan fingerprint density at radius 3 is 2.96 bits per heavy atom. The topological polar surface area (TPSA) is 78.9 Å². The van der Waals surface area contributed by atoms with Crippen LogP contribution in [-0.4, -0.2) is 26.4 Å². The Morgan fingerprint density at radius 2 is 2.08 bits per heavy atom. The lowest BCUT2D eigenvalue weighted by Crippen LogP contribution is -1.99. The SMILES string of the molecule is Cc1ccc2[nH]c3nc(N/N=C\c4cccc(Br)c4)nnc3c2c1. The van der Waals surface area contributed by atoms with Crippen molar-refractivity contribution in [3.05, 3.63) is 58.1 Å². The molecule has 0 saturated carbocycles. The zero-order valence-electron chi connectivity index (χ0n) is 12.8. The maximum atomic E-state index is 4.43. The smallest absolute Gasteiger partial charge is 0.265 e. The van der Waals surface area contributed by atoms with Crippen molar-refractivity contribution >= 4 is 50.2 Å². The van der Waals surface area contributed by atoms with Gasteiger partial charge in [-0.1, -0.05) is 39.7 Å². The van der Waals surface area contributed by atoms with Crippen LogP contribution in [0.1, 0.15) is 11.1 Å². The van der Waals surface area contributed by atoms with Crippen LogP contribution in [0.2, 0.25) is 0 Å². The Hall–Kier alpha value is -2.80. The van der Waals surface area contributed by atoms with E-state index in [2.05, 4.69) is 52.7 Å². The van der Waals surface area contributed by atoms with Gasteiger partial charge in [0, 0.05) is 15.4 Å². The van der Waals surface area contributed by atoms with Crippen molar-refractivity contribution in [2.45, 2.75) is 6.92 Å². The van der Waals surface area contributed by atoms with Gasteiger partial charge in [0.2, 0.25) is 0 Å². The number of halogens is 1. The summed E-state index contributed by atoms with van der Waals surface area (Å²) in [6, 6.07) is 14.0. The van der Waals surface area contributed by atoms with Gasteiger partial charge in [0.05, 0.1) is 6.21 Å². The van der Waals surface area contributed by atoms with E-state index in [1.54, 1.807) is 6.21 Å². The van der Waals surface area contributed by atoms with Gasteiger partial charge in [-0.25, -0.2) is 5.43 Å². The molecule has 0 atom stereocenters.